The maximum Gasteiger partial charge on any atom is 0.269 e. The van der Waals surface area contributed by atoms with Crippen molar-refractivity contribution in [2.75, 3.05) is 0 Å². The van der Waals surface area contributed by atoms with Crippen molar-refractivity contribution in [1.82, 2.24) is 14.3 Å². The first-order valence-electron chi connectivity index (χ1n) is 12.9. The smallest absolute Gasteiger partial charge is 0.269 e. The molecule has 0 atom stereocenters. The lowest BCUT2D eigenvalue weighted by Crippen LogP contribution is -2.37. The van der Waals surface area contributed by atoms with E-state index in [4.69, 9.17) is 0 Å². The molecular formula is C30H33N3O. The predicted molar refractivity (Wildman–Crippen MR) is 138 cm³/mol. The minimum Gasteiger partial charge on any atom is -0.348 e. The molecule has 1 amide bonds. The molecule has 4 nitrogen and oxygen atoms in total. The number of benzene rings is 2. The van der Waals surface area contributed by atoms with Crippen LogP contribution in [0.2, 0.25) is 0 Å². The van der Waals surface area contributed by atoms with E-state index in [0.717, 1.165) is 55.5 Å². The van der Waals surface area contributed by atoms with Gasteiger partial charge in [-0.15, -0.1) is 0 Å². The maximum atomic E-state index is 13.9. The van der Waals surface area contributed by atoms with Crippen molar-refractivity contribution in [2.24, 2.45) is 0 Å². The lowest BCUT2D eigenvalue weighted by molar-refractivity contribution is 0.0922. The second-order valence-corrected chi connectivity index (χ2v) is 10.1. The van der Waals surface area contributed by atoms with E-state index in [9.17, 15) is 4.79 Å². The molecular weight excluding hydrogens is 418 g/mol. The standard InChI is InChI=1S/C30H33N3O/c1-21-15-17-23(18-16-21)27-25-14-8-9-19-32-26(22-10-4-2-5-11-22)20-33(30(25)32)28(27)29(34)31-24-12-6-3-7-13-24/h2,4-5,10-11,15-18,20,24H,3,6-9,12-14,19H2,1H3,(H,31,34). The Labute approximate surface area is 201 Å². The fourth-order valence-corrected chi connectivity index (χ4v) is 5.98. The van der Waals surface area contributed by atoms with E-state index in [1.54, 1.807) is 0 Å². The van der Waals surface area contributed by atoms with Gasteiger partial charge in [0, 0.05) is 29.9 Å². The molecule has 174 valence electrons. The predicted octanol–water partition coefficient (Wildman–Crippen LogP) is 6.78. The fraction of sp³-hybridized carbons (Fsp3) is 0.367. The highest BCUT2D eigenvalue weighted by Gasteiger charge is 2.30. The number of hydrogen-bond acceptors (Lipinski definition) is 1. The summed E-state index contributed by atoms with van der Waals surface area (Å²) in [5.74, 6) is 0.0704. The molecule has 6 rings (SSSR count). The summed E-state index contributed by atoms with van der Waals surface area (Å²) in [5, 5.41) is 3.42. The molecule has 2 aromatic carbocycles. The molecule has 1 N–H and O–H groups in total. The highest BCUT2D eigenvalue weighted by molar-refractivity contribution is 6.03. The first-order chi connectivity index (χ1) is 16.7. The van der Waals surface area contributed by atoms with E-state index in [1.807, 2.05) is 0 Å². The molecule has 0 radical (unpaired) electrons. The van der Waals surface area contributed by atoms with Gasteiger partial charge in [-0.2, -0.15) is 0 Å². The van der Waals surface area contributed by atoms with Crippen molar-refractivity contribution in [2.45, 2.75) is 70.9 Å². The Bertz CT molecular complexity index is 1320. The van der Waals surface area contributed by atoms with Crippen LogP contribution >= 0.6 is 0 Å². The zero-order valence-corrected chi connectivity index (χ0v) is 20.0. The third-order valence-electron chi connectivity index (χ3n) is 7.70. The van der Waals surface area contributed by atoms with Crippen molar-refractivity contribution in [3.05, 3.63) is 77.6 Å². The fourth-order valence-electron chi connectivity index (χ4n) is 5.98. The monoisotopic (exact) mass is 451 g/mol. The summed E-state index contributed by atoms with van der Waals surface area (Å²) in [7, 11) is 0. The van der Waals surface area contributed by atoms with Crippen LogP contribution in [0.4, 0.5) is 0 Å². The van der Waals surface area contributed by atoms with Crippen LogP contribution in [0.25, 0.3) is 28.0 Å². The maximum absolute atomic E-state index is 13.9. The first-order valence-corrected chi connectivity index (χ1v) is 12.9. The number of amides is 1. The van der Waals surface area contributed by atoms with Crippen molar-refractivity contribution in [3.63, 3.8) is 0 Å². The molecule has 34 heavy (non-hydrogen) atoms. The number of imidazole rings is 1. The zero-order chi connectivity index (χ0) is 23.1. The summed E-state index contributed by atoms with van der Waals surface area (Å²) in [6, 6.07) is 19.6. The van der Waals surface area contributed by atoms with Gasteiger partial charge in [0.1, 0.15) is 11.3 Å². The van der Waals surface area contributed by atoms with Crippen LogP contribution in [-0.4, -0.2) is 20.9 Å². The Kier molecular flexibility index (Phi) is 5.52. The van der Waals surface area contributed by atoms with Gasteiger partial charge in [-0.05, 0) is 50.2 Å². The number of nitrogens with one attached hydrogen (secondary N) is 1. The van der Waals surface area contributed by atoms with Crippen molar-refractivity contribution in [1.29, 1.82) is 0 Å². The number of hydrogen-bond donors (Lipinski definition) is 1. The van der Waals surface area contributed by atoms with Crippen LogP contribution in [0.1, 0.15) is 66.6 Å². The Hall–Kier alpha value is -3.27. The summed E-state index contributed by atoms with van der Waals surface area (Å²) in [5.41, 5.74) is 9.22. The van der Waals surface area contributed by atoms with E-state index in [1.165, 1.54) is 47.3 Å². The van der Waals surface area contributed by atoms with E-state index in [0.29, 0.717) is 0 Å². The van der Waals surface area contributed by atoms with Crippen LogP contribution < -0.4 is 5.32 Å². The molecule has 0 spiro atoms. The lowest BCUT2D eigenvalue weighted by atomic mass is 9.94. The topological polar surface area (TPSA) is 38.4 Å². The van der Waals surface area contributed by atoms with Crippen LogP contribution in [0.3, 0.4) is 0 Å². The van der Waals surface area contributed by atoms with Crippen molar-refractivity contribution >= 4 is 11.6 Å². The minimum absolute atomic E-state index is 0.0704. The number of carbonyl (C=O) groups excluding carboxylic acids is 1. The summed E-state index contributed by atoms with van der Waals surface area (Å²) in [6.45, 7) is 3.10. The number of nitrogens with zero attached hydrogens (tertiary/aromatic N) is 2. The van der Waals surface area contributed by atoms with Gasteiger partial charge in [0.05, 0.1) is 5.69 Å². The molecule has 0 bridgehead atoms. The molecule has 2 aromatic heterocycles. The summed E-state index contributed by atoms with van der Waals surface area (Å²) in [6.07, 6.45) is 11.4. The molecule has 4 heteroatoms. The third kappa shape index (κ3) is 3.66. The number of aromatic nitrogens is 2. The molecule has 3 heterocycles. The first kappa shape index (κ1) is 21.3. The second-order valence-electron chi connectivity index (χ2n) is 10.1. The highest BCUT2D eigenvalue weighted by Crippen LogP contribution is 2.39. The minimum atomic E-state index is 0.0704. The van der Waals surface area contributed by atoms with E-state index >= 15 is 0 Å². The van der Waals surface area contributed by atoms with Gasteiger partial charge < -0.3 is 9.88 Å². The molecule has 2 aliphatic rings. The SMILES string of the molecule is Cc1ccc(-c2c3c4n(c(-c5ccccc5)cn4c2C(=O)NC2CCCCC2)CCCC3)cc1. The Morgan fingerprint density at radius 3 is 2.41 bits per heavy atom. The van der Waals surface area contributed by atoms with Gasteiger partial charge in [-0.3, -0.25) is 9.20 Å². The highest BCUT2D eigenvalue weighted by atomic mass is 16.2. The van der Waals surface area contributed by atoms with Crippen molar-refractivity contribution < 1.29 is 4.79 Å². The van der Waals surface area contributed by atoms with Crippen LogP contribution in [0, 0.1) is 6.92 Å². The van der Waals surface area contributed by atoms with Gasteiger partial charge in [-0.1, -0.05) is 79.4 Å². The van der Waals surface area contributed by atoms with Gasteiger partial charge >= 0.3 is 0 Å². The summed E-state index contributed by atoms with van der Waals surface area (Å²) in [4.78, 5) is 13.9. The van der Waals surface area contributed by atoms with E-state index in [2.05, 4.69) is 82.0 Å². The molecule has 0 unspecified atom stereocenters. The van der Waals surface area contributed by atoms with Gasteiger partial charge in [0.25, 0.3) is 5.91 Å². The normalized spacial score (nSPS) is 16.5. The van der Waals surface area contributed by atoms with Crippen LogP contribution in [0.15, 0.2) is 60.8 Å². The Morgan fingerprint density at radius 1 is 0.882 bits per heavy atom. The quantitative estimate of drug-likeness (QED) is 0.365. The number of carbonyl (C=O) groups is 1. The number of rotatable bonds is 4. The number of aryl methyl sites for hydroxylation is 3. The average molecular weight is 452 g/mol. The molecule has 0 saturated heterocycles. The van der Waals surface area contributed by atoms with E-state index < -0.39 is 0 Å². The second kappa shape index (κ2) is 8.83. The van der Waals surface area contributed by atoms with Crippen molar-refractivity contribution in [3.8, 4) is 22.4 Å². The van der Waals surface area contributed by atoms with Gasteiger partial charge in [0.2, 0.25) is 0 Å². The zero-order valence-electron chi connectivity index (χ0n) is 20.0. The Balaban J connectivity index is 1.57. The van der Waals surface area contributed by atoms with Gasteiger partial charge in [-0.25, -0.2) is 0 Å². The van der Waals surface area contributed by atoms with Gasteiger partial charge in [0.15, 0.2) is 0 Å². The molecule has 1 saturated carbocycles. The lowest BCUT2D eigenvalue weighted by Gasteiger charge is -2.23. The average Bonchev–Trinajstić information content (AvgIpc) is 3.29. The third-order valence-corrected chi connectivity index (χ3v) is 7.70. The van der Waals surface area contributed by atoms with Crippen LogP contribution in [-0.2, 0) is 13.0 Å². The molecule has 1 fully saturated rings. The summed E-state index contributed by atoms with van der Waals surface area (Å²) >= 11 is 0. The van der Waals surface area contributed by atoms with Crippen LogP contribution in [0.5, 0.6) is 0 Å². The molecule has 1 aliphatic carbocycles. The Morgan fingerprint density at radius 2 is 1.65 bits per heavy atom. The molecule has 4 aromatic rings. The summed E-state index contributed by atoms with van der Waals surface area (Å²) < 4.78 is 4.66. The molecule has 1 aliphatic heterocycles. The van der Waals surface area contributed by atoms with E-state index in [-0.39, 0.29) is 11.9 Å². The largest absolute Gasteiger partial charge is 0.348 e.